The molecule has 0 aromatic rings. The van der Waals surface area contributed by atoms with Gasteiger partial charge in [-0.3, -0.25) is 4.79 Å². The minimum atomic E-state index is -1.66. The van der Waals surface area contributed by atoms with E-state index >= 15 is 0 Å². The van der Waals surface area contributed by atoms with Gasteiger partial charge in [-0.25, -0.2) is 0 Å². The van der Waals surface area contributed by atoms with Gasteiger partial charge in [-0.2, -0.15) is 0 Å². The normalized spacial score (nSPS) is 19.5. The van der Waals surface area contributed by atoms with Gasteiger partial charge in [0.15, 0.2) is 0 Å². The highest BCUT2D eigenvalue weighted by Crippen LogP contribution is 2.04. The zero-order valence-electron chi connectivity index (χ0n) is 7.45. The van der Waals surface area contributed by atoms with Gasteiger partial charge in [0, 0.05) is 6.54 Å². The van der Waals surface area contributed by atoms with Crippen LogP contribution in [-0.2, 0) is 4.79 Å². The predicted molar refractivity (Wildman–Crippen MR) is 45.2 cm³/mol. The van der Waals surface area contributed by atoms with Crippen LogP contribution in [0.1, 0.15) is 0 Å². The van der Waals surface area contributed by atoms with Gasteiger partial charge in [0.05, 0.1) is 12.7 Å². The van der Waals surface area contributed by atoms with Crippen molar-refractivity contribution in [2.45, 2.75) is 24.4 Å². The van der Waals surface area contributed by atoms with Crippen LogP contribution in [0.15, 0.2) is 0 Å². The van der Waals surface area contributed by atoms with Gasteiger partial charge in [0.2, 0.25) is 6.41 Å². The number of hydrogen-bond donors (Lipinski definition) is 6. The predicted octanol–water partition coefficient (Wildman–Crippen LogP) is -3.83. The average molecular weight is 209 g/mol. The maximum Gasteiger partial charge on any atom is 0.207 e. The molecule has 0 spiro atoms. The number of amides is 1. The van der Waals surface area contributed by atoms with Gasteiger partial charge in [0.25, 0.3) is 0 Å². The number of aliphatic hydroxyl groups excluding tert-OH is 5. The highest BCUT2D eigenvalue weighted by Gasteiger charge is 2.29. The van der Waals surface area contributed by atoms with Gasteiger partial charge in [0.1, 0.15) is 18.3 Å². The van der Waals surface area contributed by atoms with E-state index in [-0.39, 0.29) is 6.54 Å². The number of rotatable bonds is 7. The first-order chi connectivity index (χ1) is 6.54. The topological polar surface area (TPSA) is 130 Å². The highest BCUT2D eigenvalue weighted by atomic mass is 16.4. The molecule has 0 aromatic heterocycles. The Bertz CT molecular complexity index is 166. The first-order valence-corrected chi connectivity index (χ1v) is 4.04. The maximum absolute atomic E-state index is 9.84. The Morgan fingerprint density at radius 2 is 1.57 bits per heavy atom. The second-order valence-corrected chi connectivity index (χ2v) is 2.82. The number of nitrogens with one attached hydrogen (secondary N) is 1. The molecule has 6 N–H and O–H groups in total. The monoisotopic (exact) mass is 209 g/mol. The molecule has 0 radical (unpaired) electrons. The summed E-state index contributed by atoms with van der Waals surface area (Å²) in [5.41, 5.74) is 0. The van der Waals surface area contributed by atoms with Crippen LogP contribution >= 0.6 is 0 Å². The maximum atomic E-state index is 9.84. The summed E-state index contributed by atoms with van der Waals surface area (Å²) in [4.78, 5) is 9.84. The molecule has 0 aliphatic heterocycles. The van der Waals surface area contributed by atoms with Crippen molar-refractivity contribution in [1.82, 2.24) is 5.32 Å². The molecule has 4 atom stereocenters. The van der Waals surface area contributed by atoms with E-state index in [2.05, 4.69) is 5.32 Å². The first kappa shape index (κ1) is 13.3. The lowest BCUT2D eigenvalue weighted by atomic mass is 10.0. The third-order valence-corrected chi connectivity index (χ3v) is 1.74. The van der Waals surface area contributed by atoms with Crippen molar-refractivity contribution >= 4 is 6.41 Å². The molecule has 0 fully saturated rings. The second-order valence-electron chi connectivity index (χ2n) is 2.82. The van der Waals surface area contributed by atoms with Crippen molar-refractivity contribution in [2.24, 2.45) is 0 Å². The molecular formula is C7H15NO6. The van der Waals surface area contributed by atoms with Crippen LogP contribution in [0, 0.1) is 0 Å². The van der Waals surface area contributed by atoms with Gasteiger partial charge in [-0.15, -0.1) is 0 Å². The average Bonchev–Trinajstić information content (AvgIpc) is 2.22. The fourth-order valence-electron chi connectivity index (χ4n) is 0.853. The molecule has 1 amide bonds. The molecule has 0 unspecified atom stereocenters. The van der Waals surface area contributed by atoms with E-state index in [1.807, 2.05) is 0 Å². The third-order valence-electron chi connectivity index (χ3n) is 1.74. The summed E-state index contributed by atoms with van der Waals surface area (Å²) in [5, 5.41) is 46.9. The van der Waals surface area contributed by atoms with Crippen LogP contribution in [0.25, 0.3) is 0 Å². The summed E-state index contributed by atoms with van der Waals surface area (Å²) < 4.78 is 0. The van der Waals surface area contributed by atoms with E-state index in [1.54, 1.807) is 0 Å². The zero-order chi connectivity index (χ0) is 11.1. The Balaban J connectivity index is 4.01. The number of aliphatic hydroxyl groups is 5. The van der Waals surface area contributed by atoms with E-state index in [0.717, 1.165) is 0 Å². The SMILES string of the molecule is O=CNC[C@H](O)[C@@H](O)[C@H](O)[C@H](O)CO. The lowest BCUT2D eigenvalue weighted by molar-refractivity contribution is -0.118. The van der Waals surface area contributed by atoms with Gasteiger partial charge < -0.3 is 30.8 Å². The summed E-state index contributed by atoms with van der Waals surface area (Å²) >= 11 is 0. The van der Waals surface area contributed by atoms with Crippen LogP contribution in [0.3, 0.4) is 0 Å². The van der Waals surface area contributed by atoms with Crippen LogP contribution in [0.4, 0.5) is 0 Å². The molecule has 0 rings (SSSR count). The minimum absolute atomic E-state index is 0.250. The molecular weight excluding hydrogens is 194 g/mol. The molecule has 0 bridgehead atoms. The van der Waals surface area contributed by atoms with Crippen molar-refractivity contribution in [2.75, 3.05) is 13.2 Å². The number of carbonyl (C=O) groups is 1. The zero-order valence-corrected chi connectivity index (χ0v) is 7.45. The number of hydrogen-bond acceptors (Lipinski definition) is 6. The van der Waals surface area contributed by atoms with Crippen molar-refractivity contribution < 1.29 is 30.3 Å². The van der Waals surface area contributed by atoms with Gasteiger partial charge >= 0.3 is 0 Å². The van der Waals surface area contributed by atoms with E-state index in [9.17, 15) is 9.90 Å². The second kappa shape index (κ2) is 6.68. The van der Waals surface area contributed by atoms with Gasteiger partial charge in [-0.1, -0.05) is 0 Å². The Morgan fingerprint density at radius 1 is 1.07 bits per heavy atom. The van der Waals surface area contributed by atoms with Crippen molar-refractivity contribution in [3.63, 3.8) is 0 Å². The Kier molecular flexibility index (Phi) is 6.34. The van der Waals surface area contributed by atoms with Crippen LogP contribution < -0.4 is 5.32 Å². The summed E-state index contributed by atoms with van der Waals surface area (Å²) in [6.07, 6.45) is -5.91. The summed E-state index contributed by atoms with van der Waals surface area (Å²) in [7, 11) is 0. The van der Waals surface area contributed by atoms with E-state index in [1.165, 1.54) is 0 Å². The van der Waals surface area contributed by atoms with Crippen LogP contribution in [-0.4, -0.2) is 69.5 Å². The van der Waals surface area contributed by atoms with E-state index < -0.39 is 31.0 Å². The van der Waals surface area contributed by atoms with Crippen molar-refractivity contribution in [3.8, 4) is 0 Å². The van der Waals surface area contributed by atoms with Crippen LogP contribution in [0.2, 0.25) is 0 Å². The molecule has 0 aliphatic carbocycles. The van der Waals surface area contributed by atoms with Crippen molar-refractivity contribution in [1.29, 1.82) is 0 Å². The summed E-state index contributed by atoms with van der Waals surface area (Å²) in [6.45, 7) is -0.980. The highest BCUT2D eigenvalue weighted by molar-refractivity contribution is 5.45. The Hall–Kier alpha value is -0.730. The molecule has 0 aromatic carbocycles. The Labute approximate surface area is 80.6 Å². The molecule has 0 aliphatic rings. The fourth-order valence-corrected chi connectivity index (χ4v) is 0.853. The first-order valence-electron chi connectivity index (χ1n) is 4.04. The molecule has 0 saturated carbocycles. The lowest BCUT2D eigenvalue weighted by Gasteiger charge is -2.25. The smallest absolute Gasteiger partial charge is 0.207 e. The Morgan fingerprint density at radius 3 is 2.00 bits per heavy atom. The molecule has 7 nitrogen and oxygen atoms in total. The standard InChI is InChI=1S/C7H15NO6/c9-2-5(12)7(14)6(13)4(11)1-8-3-10/h3-7,9,11-14H,1-2H2,(H,8,10)/t4-,5+,6+,7+/m0/s1. The molecule has 14 heavy (non-hydrogen) atoms. The third kappa shape index (κ3) is 3.99. The number of carbonyl (C=O) groups excluding carboxylic acids is 1. The van der Waals surface area contributed by atoms with E-state index in [4.69, 9.17) is 20.4 Å². The minimum Gasteiger partial charge on any atom is -0.394 e. The summed E-state index contributed by atoms with van der Waals surface area (Å²) in [6, 6.07) is 0. The molecule has 0 heterocycles. The molecule has 84 valence electrons. The van der Waals surface area contributed by atoms with Gasteiger partial charge in [-0.05, 0) is 0 Å². The fraction of sp³-hybridized carbons (Fsp3) is 0.857. The van der Waals surface area contributed by atoms with E-state index in [0.29, 0.717) is 6.41 Å². The molecule has 7 heteroatoms. The summed E-state index contributed by atoms with van der Waals surface area (Å²) in [5.74, 6) is 0. The van der Waals surface area contributed by atoms with Crippen LogP contribution in [0.5, 0.6) is 0 Å². The largest absolute Gasteiger partial charge is 0.394 e. The lowest BCUT2D eigenvalue weighted by Crippen LogP contribution is -2.48. The molecule has 0 saturated heterocycles. The quantitative estimate of drug-likeness (QED) is 0.238. The van der Waals surface area contributed by atoms with Crippen molar-refractivity contribution in [3.05, 3.63) is 0 Å².